The first-order chi connectivity index (χ1) is 7.59. The average molecular weight is 248 g/mol. The van der Waals surface area contributed by atoms with Crippen molar-refractivity contribution in [2.24, 2.45) is 0 Å². The Morgan fingerprint density at radius 3 is 2.69 bits per heavy atom. The highest BCUT2D eigenvalue weighted by Gasteiger charge is 2.10. The summed E-state index contributed by atoms with van der Waals surface area (Å²) in [5.74, 6) is 2.10. The van der Waals surface area contributed by atoms with Crippen molar-refractivity contribution in [2.75, 3.05) is 38.2 Å². The number of hydrogen-bond acceptors (Lipinski definition) is 4. The predicted molar refractivity (Wildman–Crippen MR) is 69.8 cm³/mol. The van der Waals surface area contributed by atoms with Gasteiger partial charge in [0.25, 0.3) is 0 Å². The fraction of sp³-hybridized carbons (Fsp3) is 0.909. The van der Waals surface area contributed by atoms with Crippen molar-refractivity contribution in [1.29, 1.82) is 0 Å². The fourth-order valence-electron chi connectivity index (χ4n) is 1.02. The maximum absolute atomic E-state index is 11.5. The third-order valence-electron chi connectivity index (χ3n) is 2.31. The summed E-state index contributed by atoms with van der Waals surface area (Å²) in [7, 11) is 1.82. The van der Waals surface area contributed by atoms with Gasteiger partial charge in [0.1, 0.15) is 0 Å². The molecule has 0 aromatic heterocycles. The minimum atomic E-state index is 0.135. The van der Waals surface area contributed by atoms with Crippen molar-refractivity contribution in [3.63, 3.8) is 0 Å². The standard InChI is InChI=1S/C11H24N2O2S/c1-10(2)13(3)11(15)9-12-5-8-16-7-4-6-14/h10,12,14H,4-9H2,1-3H3. The number of nitrogens with zero attached hydrogens (tertiary/aromatic N) is 1. The number of carbonyl (C=O) groups is 1. The maximum atomic E-state index is 11.5. The predicted octanol–water partition coefficient (Wildman–Crippen LogP) is 0.558. The molecule has 0 unspecified atom stereocenters. The van der Waals surface area contributed by atoms with Gasteiger partial charge in [-0.2, -0.15) is 11.8 Å². The highest BCUT2D eigenvalue weighted by molar-refractivity contribution is 7.99. The molecule has 0 rings (SSSR count). The van der Waals surface area contributed by atoms with Crippen LogP contribution >= 0.6 is 11.8 Å². The molecule has 0 saturated carbocycles. The van der Waals surface area contributed by atoms with Crippen molar-refractivity contribution in [1.82, 2.24) is 10.2 Å². The minimum Gasteiger partial charge on any atom is -0.396 e. The van der Waals surface area contributed by atoms with Gasteiger partial charge in [-0.15, -0.1) is 0 Å². The molecule has 0 aromatic rings. The quantitative estimate of drug-likeness (QED) is 0.585. The first-order valence-corrected chi connectivity index (χ1v) is 6.90. The van der Waals surface area contributed by atoms with Crippen LogP contribution in [-0.2, 0) is 4.79 Å². The number of rotatable bonds is 9. The molecule has 0 aromatic carbocycles. The summed E-state index contributed by atoms with van der Waals surface area (Å²) in [5.41, 5.74) is 0. The van der Waals surface area contributed by atoms with Crippen molar-refractivity contribution >= 4 is 17.7 Å². The minimum absolute atomic E-state index is 0.135. The third-order valence-corrected chi connectivity index (χ3v) is 3.38. The first-order valence-electron chi connectivity index (χ1n) is 5.74. The molecule has 16 heavy (non-hydrogen) atoms. The van der Waals surface area contributed by atoms with Crippen LogP contribution in [0.4, 0.5) is 0 Å². The summed E-state index contributed by atoms with van der Waals surface area (Å²) in [6, 6.07) is 0.258. The van der Waals surface area contributed by atoms with Crippen LogP contribution in [0.5, 0.6) is 0 Å². The zero-order valence-electron chi connectivity index (χ0n) is 10.5. The molecule has 0 fully saturated rings. The number of aliphatic hydroxyl groups is 1. The molecule has 0 bridgehead atoms. The van der Waals surface area contributed by atoms with Crippen molar-refractivity contribution in [3.8, 4) is 0 Å². The molecular formula is C11H24N2O2S. The molecule has 0 aliphatic carbocycles. The van der Waals surface area contributed by atoms with Crippen LogP contribution in [0.3, 0.4) is 0 Å². The summed E-state index contributed by atoms with van der Waals surface area (Å²) >= 11 is 1.80. The summed E-state index contributed by atoms with van der Waals surface area (Å²) in [4.78, 5) is 13.3. The van der Waals surface area contributed by atoms with Crippen LogP contribution in [0.15, 0.2) is 0 Å². The molecule has 96 valence electrons. The van der Waals surface area contributed by atoms with E-state index in [0.717, 1.165) is 24.5 Å². The Morgan fingerprint density at radius 1 is 1.44 bits per heavy atom. The number of carbonyl (C=O) groups excluding carboxylic acids is 1. The Hall–Kier alpha value is -0.260. The van der Waals surface area contributed by atoms with Gasteiger partial charge < -0.3 is 15.3 Å². The van der Waals surface area contributed by atoms with Crippen LogP contribution in [0.2, 0.25) is 0 Å². The van der Waals surface area contributed by atoms with Crippen molar-refractivity contribution in [2.45, 2.75) is 26.3 Å². The lowest BCUT2D eigenvalue weighted by Gasteiger charge is -2.21. The average Bonchev–Trinajstić information content (AvgIpc) is 2.26. The number of nitrogens with one attached hydrogen (secondary N) is 1. The molecule has 5 heteroatoms. The highest BCUT2D eigenvalue weighted by atomic mass is 32.2. The number of likely N-dealkylation sites (N-methyl/N-ethyl adjacent to an activating group) is 1. The Balaban J connectivity index is 3.34. The van der Waals surface area contributed by atoms with E-state index < -0.39 is 0 Å². The third kappa shape index (κ3) is 7.96. The van der Waals surface area contributed by atoms with Gasteiger partial charge in [-0.25, -0.2) is 0 Å². The molecular weight excluding hydrogens is 224 g/mol. The number of thioether (sulfide) groups is 1. The smallest absolute Gasteiger partial charge is 0.236 e. The van der Waals surface area contributed by atoms with Gasteiger partial charge in [-0.3, -0.25) is 4.79 Å². The molecule has 0 aliphatic heterocycles. The molecule has 4 nitrogen and oxygen atoms in total. The van der Waals surface area contributed by atoms with Gasteiger partial charge in [0.05, 0.1) is 6.54 Å². The number of aliphatic hydroxyl groups excluding tert-OH is 1. The van der Waals surface area contributed by atoms with Crippen molar-refractivity contribution in [3.05, 3.63) is 0 Å². The first kappa shape index (κ1) is 15.7. The second-order valence-electron chi connectivity index (χ2n) is 3.96. The second kappa shape index (κ2) is 9.93. The zero-order chi connectivity index (χ0) is 12.4. The van der Waals surface area contributed by atoms with E-state index in [9.17, 15) is 4.79 Å². The van der Waals surface area contributed by atoms with E-state index in [1.54, 1.807) is 16.7 Å². The molecule has 0 radical (unpaired) electrons. The van der Waals surface area contributed by atoms with Gasteiger partial charge in [-0.1, -0.05) is 0 Å². The Kier molecular flexibility index (Phi) is 9.77. The molecule has 0 heterocycles. The summed E-state index contributed by atoms with van der Waals surface area (Å²) in [5, 5.41) is 11.7. The second-order valence-corrected chi connectivity index (χ2v) is 5.19. The normalized spacial score (nSPS) is 10.8. The molecule has 0 atom stereocenters. The summed E-state index contributed by atoms with van der Waals surface area (Å²) in [6.07, 6.45) is 0.847. The van der Waals surface area contributed by atoms with E-state index in [1.165, 1.54) is 0 Å². The van der Waals surface area contributed by atoms with Crippen LogP contribution in [0.1, 0.15) is 20.3 Å². The number of hydrogen-bond donors (Lipinski definition) is 2. The highest BCUT2D eigenvalue weighted by Crippen LogP contribution is 2.00. The molecule has 2 N–H and O–H groups in total. The summed E-state index contributed by atoms with van der Waals surface area (Å²) in [6.45, 7) is 5.52. The fourth-order valence-corrected chi connectivity index (χ4v) is 1.85. The molecule has 0 spiro atoms. The molecule has 1 amide bonds. The van der Waals surface area contributed by atoms with E-state index in [2.05, 4.69) is 5.32 Å². The van der Waals surface area contributed by atoms with Gasteiger partial charge in [-0.05, 0) is 26.0 Å². The van der Waals surface area contributed by atoms with Crippen LogP contribution in [0, 0.1) is 0 Å². The van der Waals surface area contributed by atoms with Gasteiger partial charge in [0.2, 0.25) is 5.91 Å². The lowest BCUT2D eigenvalue weighted by Crippen LogP contribution is -2.39. The number of amides is 1. The largest absolute Gasteiger partial charge is 0.396 e. The molecule has 0 saturated heterocycles. The van der Waals surface area contributed by atoms with Crippen molar-refractivity contribution < 1.29 is 9.90 Å². The zero-order valence-corrected chi connectivity index (χ0v) is 11.3. The van der Waals surface area contributed by atoms with Crippen LogP contribution < -0.4 is 5.32 Å². The molecule has 0 aliphatic rings. The lowest BCUT2D eigenvalue weighted by atomic mass is 10.3. The SMILES string of the molecule is CC(C)N(C)C(=O)CNCCSCCCO. The van der Waals surface area contributed by atoms with Gasteiger partial charge in [0, 0.05) is 32.0 Å². The maximum Gasteiger partial charge on any atom is 0.236 e. The lowest BCUT2D eigenvalue weighted by molar-refractivity contribution is -0.130. The van der Waals surface area contributed by atoms with E-state index >= 15 is 0 Å². The van der Waals surface area contributed by atoms with Crippen LogP contribution in [-0.4, -0.2) is 60.2 Å². The van der Waals surface area contributed by atoms with E-state index in [-0.39, 0.29) is 18.6 Å². The van der Waals surface area contributed by atoms with E-state index in [1.807, 2.05) is 20.9 Å². The Labute approximate surface area is 103 Å². The van der Waals surface area contributed by atoms with Gasteiger partial charge in [0.15, 0.2) is 0 Å². The van der Waals surface area contributed by atoms with Crippen LogP contribution in [0.25, 0.3) is 0 Å². The Morgan fingerprint density at radius 2 is 2.12 bits per heavy atom. The Bertz CT molecular complexity index is 189. The van der Waals surface area contributed by atoms with E-state index in [4.69, 9.17) is 5.11 Å². The van der Waals surface area contributed by atoms with E-state index in [0.29, 0.717) is 6.54 Å². The monoisotopic (exact) mass is 248 g/mol. The summed E-state index contributed by atoms with van der Waals surface area (Å²) < 4.78 is 0. The van der Waals surface area contributed by atoms with Gasteiger partial charge >= 0.3 is 0 Å². The topological polar surface area (TPSA) is 52.6 Å².